The summed E-state index contributed by atoms with van der Waals surface area (Å²) >= 11 is 0. The van der Waals surface area contributed by atoms with Gasteiger partial charge in [0.15, 0.2) is 6.29 Å². The Kier molecular flexibility index (Phi) is 21.8. The number of likely N-dealkylation sites (N-methyl/N-ethyl adjacent to an activating group) is 1. The van der Waals surface area contributed by atoms with Crippen LogP contribution in [0.15, 0.2) is 42.4 Å². The lowest BCUT2D eigenvalue weighted by atomic mass is 9.68. The van der Waals surface area contributed by atoms with E-state index >= 15 is 0 Å². The van der Waals surface area contributed by atoms with Crippen LogP contribution in [0.4, 0.5) is 0 Å². The number of cyclic esters (lactones) is 1. The lowest BCUT2D eigenvalue weighted by Gasteiger charge is -2.51. The molecule has 18 heteroatoms. The number of aliphatic hydroxyl groups is 4. The zero-order valence-corrected chi connectivity index (χ0v) is 48.2. The molecular formula is C57H99N8O10+. The maximum absolute atomic E-state index is 14.6. The van der Waals surface area contributed by atoms with E-state index < -0.39 is 89.5 Å². The number of aromatic nitrogens is 3. The number of aliphatic hydroxyl groups excluding tert-OH is 2. The summed E-state index contributed by atoms with van der Waals surface area (Å²) < 4.78 is 34.6. The molecule has 0 saturated carbocycles. The van der Waals surface area contributed by atoms with Crippen LogP contribution in [0.1, 0.15) is 152 Å². The van der Waals surface area contributed by atoms with E-state index in [4.69, 9.17) is 23.7 Å². The molecule has 4 aliphatic heterocycles. The molecule has 1 aromatic carbocycles. The second kappa shape index (κ2) is 26.7. The average Bonchev–Trinajstić information content (AvgIpc) is 4.05. The normalized spacial score (nSPS) is 38.0. The number of hydrogen-bond donors (Lipinski definition) is 6. The topological polar surface area (TPSA) is 213 Å². The first kappa shape index (κ1) is 61.1. The number of hydrogen-bond acceptors (Lipinski definition) is 16. The summed E-state index contributed by atoms with van der Waals surface area (Å²) in [6, 6.07) is 8.26. The number of rotatable bonds is 18. The van der Waals surface area contributed by atoms with E-state index in [-0.39, 0.29) is 30.9 Å². The summed E-state index contributed by atoms with van der Waals surface area (Å²) in [6.45, 7) is 23.1. The fourth-order valence-electron chi connectivity index (χ4n) is 12.7. The van der Waals surface area contributed by atoms with Crippen molar-refractivity contribution in [2.45, 2.75) is 231 Å². The molecule has 18 nitrogen and oxygen atoms in total. The summed E-state index contributed by atoms with van der Waals surface area (Å²) in [5.74, 6) is -2.64. The lowest BCUT2D eigenvalue weighted by molar-refractivity contribution is -0.678. The number of carbonyl (C=O) groups is 1. The second-order valence-corrected chi connectivity index (χ2v) is 24.0. The number of unbranched alkanes of at least 4 members (excludes halogenated alkanes) is 2. The van der Waals surface area contributed by atoms with Crippen LogP contribution < -0.4 is 11.0 Å². The van der Waals surface area contributed by atoms with E-state index in [0.717, 1.165) is 75.8 Å². The number of esters is 1. The molecule has 0 amide bonds. The van der Waals surface area contributed by atoms with Crippen molar-refractivity contribution in [1.82, 2.24) is 35.3 Å². The third kappa shape index (κ3) is 15.4. The van der Waals surface area contributed by atoms with E-state index in [2.05, 4.69) is 89.5 Å². The average molecular weight is 1060 g/mol. The molecule has 5 heterocycles. The van der Waals surface area contributed by atoms with Gasteiger partial charge in [-0.25, -0.2) is 10.1 Å². The monoisotopic (exact) mass is 1060 g/mol. The molecule has 17 atom stereocenters. The minimum Gasteiger partial charge on any atom is -0.459 e. The number of hydrazine groups is 1. The van der Waals surface area contributed by atoms with Crippen LogP contribution in [-0.4, -0.2) is 175 Å². The Balaban J connectivity index is 1.13. The molecule has 0 spiro atoms. The molecule has 0 bridgehead atoms. The maximum Gasteiger partial charge on any atom is 0.309 e. The molecule has 3 fully saturated rings. The third-order valence-corrected chi connectivity index (χ3v) is 17.5. The Morgan fingerprint density at radius 2 is 1.65 bits per heavy atom. The van der Waals surface area contributed by atoms with Crippen molar-refractivity contribution in [1.29, 1.82) is 0 Å². The first-order valence-corrected chi connectivity index (χ1v) is 28.4. The number of quaternary nitrogens is 1. The van der Waals surface area contributed by atoms with Gasteiger partial charge < -0.3 is 53.9 Å². The van der Waals surface area contributed by atoms with Crippen LogP contribution in [0.5, 0.6) is 0 Å². The molecule has 3 saturated heterocycles. The minimum absolute atomic E-state index is 0.0851. The smallest absolute Gasteiger partial charge is 0.309 e. The highest BCUT2D eigenvalue weighted by Gasteiger charge is 2.54. The van der Waals surface area contributed by atoms with E-state index in [1.54, 1.807) is 21.0 Å². The number of nitrogens with one attached hydrogen (secondary N) is 1. The van der Waals surface area contributed by atoms with Gasteiger partial charge in [-0.2, -0.15) is 0 Å². The molecule has 0 radical (unpaired) electrons. The summed E-state index contributed by atoms with van der Waals surface area (Å²) in [4.78, 5) is 19.0. The summed E-state index contributed by atoms with van der Waals surface area (Å²) in [5.41, 5.74) is 5.97. The van der Waals surface area contributed by atoms with Gasteiger partial charge in [0.1, 0.15) is 29.6 Å². The van der Waals surface area contributed by atoms with E-state index in [9.17, 15) is 25.2 Å². The Hall–Kier alpha value is -3.11. The molecule has 426 valence electrons. The second-order valence-electron chi connectivity index (χ2n) is 24.0. The number of ether oxygens (including phenoxy) is 5. The van der Waals surface area contributed by atoms with E-state index in [1.807, 2.05) is 57.4 Å². The van der Waals surface area contributed by atoms with Crippen molar-refractivity contribution in [2.75, 3.05) is 40.8 Å². The molecule has 6 rings (SSSR count). The van der Waals surface area contributed by atoms with Gasteiger partial charge in [0.05, 0.1) is 65.3 Å². The first-order chi connectivity index (χ1) is 35.4. The maximum atomic E-state index is 14.6. The Morgan fingerprint density at radius 3 is 2.33 bits per heavy atom. The lowest BCUT2D eigenvalue weighted by Crippen LogP contribution is -2.90. The Labute approximate surface area is 449 Å². The zero-order chi connectivity index (χ0) is 55.0. The third-order valence-electron chi connectivity index (χ3n) is 17.5. The van der Waals surface area contributed by atoms with Gasteiger partial charge in [-0.05, 0) is 137 Å². The van der Waals surface area contributed by atoms with Gasteiger partial charge in [-0.15, -0.1) is 5.10 Å². The predicted octanol–water partition coefficient (Wildman–Crippen LogP) is 5.05. The summed E-state index contributed by atoms with van der Waals surface area (Å²) in [7, 11) is 5.63. The highest BCUT2D eigenvalue weighted by Crippen LogP contribution is 2.45. The molecule has 4 aliphatic rings. The van der Waals surface area contributed by atoms with Crippen LogP contribution in [-0.2, 0) is 41.3 Å². The SMILES string of the molecule is CCCCc1cn(-c2ccc(CCCCN3C=C(CCN(C)[C@@H]4C[C@H](O[C@@H]5[C@@H](C)[C@H](C6C[C@@](C)(OC)[C@@H](O)[C@H](C)O6)[C@@H](C)C(=O)O[C@H](CC)[C@@](C)(O)[C@H](O)[C@@H](C)N(C)C[C@H](C)C[C@@]5(C)O)O[C@H](C)C4)[NH2+]N3)cc2)nn1. The molecule has 0 aliphatic carbocycles. The minimum atomic E-state index is -1.77. The van der Waals surface area contributed by atoms with Crippen molar-refractivity contribution in [3.8, 4) is 5.69 Å². The quantitative estimate of drug-likeness (QED) is 0.0655. The van der Waals surface area contributed by atoms with Gasteiger partial charge in [0.2, 0.25) is 0 Å². The molecule has 75 heavy (non-hydrogen) atoms. The van der Waals surface area contributed by atoms with Crippen LogP contribution in [0.3, 0.4) is 0 Å². The zero-order valence-electron chi connectivity index (χ0n) is 48.2. The summed E-state index contributed by atoms with van der Waals surface area (Å²) in [5, 5.41) is 58.8. The first-order valence-electron chi connectivity index (χ1n) is 28.4. The van der Waals surface area contributed by atoms with Crippen LogP contribution in [0.2, 0.25) is 0 Å². The fraction of sp³-hybridized carbons (Fsp3) is 0.807. The molecule has 2 aromatic rings. The Bertz CT molecular complexity index is 2110. The van der Waals surface area contributed by atoms with Crippen molar-refractivity contribution in [2.24, 2.45) is 23.7 Å². The van der Waals surface area contributed by atoms with Crippen LogP contribution >= 0.6 is 0 Å². The molecule has 1 unspecified atom stereocenters. The van der Waals surface area contributed by atoms with E-state index in [1.165, 1.54) is 18.2 Å². The predicted molar refractivity (Wildman–Crippen MR) is 288 cm³/mol. The van der Waals surface area contributed by atoms with Crippen molar-refractivity contribution in [3.05, 3.63) is 53.6 Å². The summed E-state index contributed by atoms with van der Waals surface area (Å²) in [6.07, 6.45) is 7.61. The fourth-order valence-corrected chi connectivity index (χ4v) is 12.7. The highest BCUT2D eigenvalue weighted by atomic mass is 16.7. The van der Waals surface area contributed by atoms with Gasteiger partial charge >= 0.3 is 5.97 Å². The number of nitrogens with two attached hydrogens (primary N) is 1. The van der Waals surface area contributed by atoms with Gasteiger partial charge in [-0.3, -0.25) is 9.80 Å². The number of methoxy groups -OCH3 is 1. The standard InChI is InChI=1S/C57H98N8O10/c1-15-17-21-43-35-65(61-59-43)45-24-22-42(23-25-45)20-18-19-27-64-34-44(58-60-64)26-28-62(12)46-29-37(4)72-49(30-46)75-53-38(5)50(47-32-56(10,71-14)52(67)41(8)73-47)39(6)54(68)74-48(16-2)57(11,70)51(66)40(7)63(13)33-36(3)31-55(53,9)69/h22-25,34-41,46-53,58,60,66-67,69-70H,15-21,26-33H2,1-14H3/p+1/t36-,37-,38+,39-,40-,41+,46+,47?,48-,49+,50+,51-,52+,53-,55-,56-,57-/m1/s1. The number of carbonyl (C=O) groups excluding carboxylic acids is 1. The van der Waals surface area contributed by atoms with Crippen molar-refractivity contribution in [3.63, 3.8) is 0 Å². The van der Waals surface area contributed by atoms with Crippen molar-refractivity contribution >= 4 is 5.97 Å². The number of nitrogens with zero attached hydrogens (tertiary/aromatic N) is 6. The Morgan fingerprint density at radius 1 is 0.933 bits per heavy atom. The largest absolute Gasteiger partial charge is 0.459 e. The van der Waals surface area contributed by atoms with Gasteiger partial charge in [0, 0.05) is 64.0 Å². The molecule has 7 N–H and O–H groups in total. The molecular weight excluding hydrogens is 957 g/mol. The number of benzene rings is 1. The highest BCUT2D eigenvalue weighted by molar-refractivity contribution is 5.73. The van der Waals surface area contributed by atoms with Crippen molar-refractivity contribution < 1.29 is 54.3 Å². The van der Waals surface area contributed by atoms with Crippen LogP contribution in [0, 0.1) is 23.7 Å². The van der Waals surface area contributed by atoms with Gasteiger partial charge in [0.25, 0.3) is 0 Å². The van der Waals surface area contributed by atoms with Gasteiger partial charge in [-0.1, -0.05) is 63.9 Å². The molecule has 1 aromatic heterocycles. The van der Waals surface area contributed by atoms with Crippen LogP contribution in [0.25, 0.3) is 5.69 Å². The number of aryl methyl sites for hydroxylation is 2. The van der Waals surface area contributed by atoms with E-state index in [0.29, 0.717) is 19.4 Å².